The van der Waals surface area contributed by atoms with E-state index in [0.717, 1.165) is 25.1 Å². The summed E-state index contributed by atoms with van der Waals surface area (Å²) in [6.07, 6.45) is 2.93. The third-order valence-corrected chi connectivity index (χ3v) is 4.98. The van der Waals surface area contributed by atoms with Crippen LogP contribution < -0.4 is 5.32 Å². The fourth-order valence-corrected chi connectivity index (χ4v) is 3.63. The Bertz CT molecular complexity index is 857. The molecule has 0 radical (unpaired) electrons. The highest BCUT2D eigenvalue weighted by molar-refractivity contribution is 5.75. The highest BCUT2D eigenvalue weighted by Crippen LogP contribution is 2.29. The van der Waals surface area contributed by atoms with Crippen molar-refractivity contribution in [1.82, 2.24) is 14.8 Å². The van der Waals surface area contributed by atoms with Crippen LogP contribution in [0.25, 0.3) is 0 Å². The Kier molecular flexibility index (Phi) is 4.73. The van der Waals surface area contributed by atoms with Gasteiger partial charge in [-0.3, -0.25) is 0 Å². The van der Waals surface area contributed by atoms with Crippen molar-refractivity contribution < 1.29 is 4.79 Å². The van der Waals surface area contributed by atoms with Gasteiger partial charge in [0.25, 0.3) is 0 Å². The number of rotatable bonds is 4. The molecular weight excluding hydrogens is 322 g/mol. The highest BCUT2D eigenvalue weighted by atomic mass is 16.2. The maximum Gasteiger partial charge on any atom is 0.318 e. The second-order valence-electron chi connectivity index (χ2n) is 6.67. The fourth-order valence-electron chi connectivity index (χ4n) is 3.63. The van der Waals surface area contributed by atoms with Crippen molar-refractivity contribution in [1.29, 1.82) is 0 Å². The highest BCUT2D eigenvalue weighted by Gasteiger charge is 2.30. The van der Waals surface area contributed by atoms with E-state index >= 15 is 0 Å². The molecule has 0 saturated heterocycles. The molecule has 1 atom stereocenters. The number of fused-ring (bicyclic) bond motifs is 1. The third kappa shape index (κ3) is 3.49. The summed E-state index contributed by atoms with van der Waals surface area (Å²) in [7, 11) is 0. The molecule has 3 aromatic rings. The molecular formula is C22H23N3O. The minimum Gasteiger partial charge on any atom is -0.348 e. The predicted molar refractivity (Wildman–Crippen MR) is 103 cm³/mol. The molecule has 0 bridgehead atoms. The summed E-state index contributed by atoms with van der Waals surface area (Å²) in [5, 5.41) is 3.09. The number of aromatic nitrogens is 1. The summed E-state index contributed by atoms with van der Waals surface area (Å²) in [5.74, 6) is 0. The Morgan fingerprint density at radius 2 is 1.58 bits per heavy atom. The summed E-state index contributed by atoms with van der Waals surface area (Å²) in [4.78, 5) is 14.9. The van der Waals surface area contributed by atoms with Gasteiger partial charge in [-0.15, -0.1) is 0 Å². The fraction of sp³-hybridized carbons (Fsp3) is 0.227. The van der Waals surface area contributed by atoms with Gasteiger partial charge >= 0.3 is 6.03 Å². The van der Waals surface area contributed by atoms with Crippen LogP contribution in [0.4, 0.5) is 4.79 Å². The molecule has 0 unspecified atom stereocenters. The van der Waals surface area contributed by atoms with Crippen LogP contribution in [0.5, 0.6) is 0 Å². The molecule has 2 heterocycles. The maximum atomic E-state index is 12.9. The molecule has 2 amide bonds. The van der Waals surface area contributed by atoms with Crippen molar-refractivity contribution in [2.24, 2.45) is 0 Å². The summed E-state index contributed by atoms with van der Waals surface area (Å²) < 4.78 is 2.26. The van der Waals surface area contributed by atoms with E-state index in [4.69, 9.17) is 0 Å². The molecule has 26 heavy (non-hydrogen) atoms. The van der Waals surface area contributed by atoms with E-state index in [1.807, 2.05) is 41.3 Å². The monoisotopic (exact) mass is 345 g/mol. The van der Waals surface area contributed by atoms with Crippen LogP contribution in [0.1, 0.15) is 22.9 Å². The number of carbonyl (C=O) groups is 1. The average Bonchev–Trinajstić information content (AvgIpc) is 3.17. The second-order valence-corrected chi connectivity index (χ2v) is 6.67. The number of benzene rings is 2. The summed E-state index contributed by atoms with van der Waals surface area (Å²) in [5.41, 5.74) is 3.56. The lowest BCUT2D eigenvalue weighted by Gasteiger charge is -2.37. The molecule has 4 heteroatoms. The van der Waals surface area contributed by atoms with Crippen molar-refractivity contribution in [3.05, 3.63) is 95.8 Å². The molecule has 0 fully saturated rings. The van der Waals surface area contributed by atoms with Gasteiger partial charge in [0.1, 0.15) is 0 Å². The molecule has 132 valence electrons. The summed E-state index contributed by atoms with van der Waals surface area (Å²) in [6, 6.07) is 24.7. The molecule has 0 saturated carbocycles. The Balaban J connectivity index is 1.52. The zero-order valence-corrected chi connectivity index (χ0v) is 14.7. The van der Waals surface area contributed by atoms with Gasteiger partial charge in [-0.1, -0.05) is 60.7 Å². The number of hydrogen-bond acceptors (Lipinski definition) is 1. The number of amides is 2. The second kappa shape index (κ2) is 7.48. The first-order chi connectivity index (χ1) is 12.8. The van der Waals surface area contributed by atoms with E-state index in [1.54, 1.807) is 0 Å². The molecule has 1 aromatic heterocycles. The predicted octanol–water partition coefficient (Wildman–Crippen LogP) is 4.00. The number of carbonyl (C=O) groups excluding carboxylic acids is 1. The lowest BCUT2D eigenvalue weighted by atomic mass is 10.0. The van der Waals surface area contributed by atoms with Crippen molar-refractivity contribution in [3.8, 4) is 0 Å². The van der Waals surface area contributed by atoms with Crippen LogP contribution in [0.3, 0.4) is 0 Å². The van der Waals surface area contributed by atoms with Crippen molar-refractivity contribution in [2.75, 3.05) is 6.54 Å². The maximum absolute atomic E-state index is 12.9. The van der Waals surface area contributed by atoms with E-state index < -0.39 is 0 Å². The molecule has 2 aromatic carbocycles. The van der Waals surface area contributed by atoms with Gasteiger partial charge in [-0.25, -0.2) is 4.79 Å². The van der Waals surface area contributed by atoms with Gasteiger partial charge in [0.15, 0.2) is 0 Å². The molecule has 4 rings (SSSR count). The summed E-state index contributed by atoms with van der Waals surface area (Å²) >= 11 is 0. The normalized spacial score (nSPS) is 16.2. The number of hydrogen-bond donors (Lipinski definition) is 1. The standard InChI is InChI=1S/C22H23N3O/c26-22(23-17-19-10-5-2-6-11-19)25-15-14-24-13-7-12-20(24)21(25)16-18-8-3-1-4-9-18/h1-13,21H,14-17H2,(H,23,26)/t21-/m1/s1. The van der Waals surface area contributed by atoms with Crippen LogP contribution in [0.15, 0.2) is 79.0 Å². The minimum absolute atomic E-state index is 0.00207. The molecule has 1 N–H and O–H groups in total. The van der Waals surface area contributed by atoms with Crippen LogP contribution in [0, 0.1) is 0 Å². The smallest absolute Gasteiger partial charge is 0.318 e. The van der Waals surface area contributed by atoms with Crippen molar-refractivity contribution >= 4 is 6.03 Å². The molecule has 0 aliphatic carbocycles. The minimum atomic E-state index is 0.00207. The van der Waals surface area contributed by atoms with Gasteiger partial charge in [-0.05, 0) is 29.7 Å². The Hall–Kier alpha value is -3.01. The number of urea groups is 1. The van der Waals surface area contributed by atoms with E-state index in [9.17, 15) is 4.79 Å². The molecule has 1 aliphatic heterocycles. The molecule has 1 aliphatic rings. The quantitative estimate of drug-likeness (QED) is 0.762. The van der Waals surface area contributed by atoms with Gasteiger partial charge < -0.3 is 14.8 Å². The topological polar surface area (TPSA) is 37.3 Å². The van der Waals surface area contributed by atoms with Gasteiger partial charge in [0.2, 0.25) is 0 Å². The van der Waals surface area contributed by atoms with E-state index in [-0.39, 0.29) is 12.1 Å². The first kappa shape index (κ1) is 16.5. The van der Waals surface area contributed by atoms with Crippen LogP contribution >= 0.6 is 0 Å². The van der Waals surface area contributed by atoms with E-state index in [2.05, 4.69) is 52.5 Å². The first-order valence-electron chi connectivity index (χ1n) is 9.08. The van der Waals surface area contributed by atoms with E-state index in [0.29, 0.717) is 6.54 Å². The largest absolute Gasteiger partial charge is 0.348 e. The Morgan fingerprint density at radius 3 is 2.31 bits per heavy atom. The lowest BCUT2D eigenvalue weighted by Crippen LogP contribution is -2.47. The van der Waals surface area contributed by atoms with Crippen LogP contribution in [-0.4, -0.2) is 22.0 Å². The molecule has 4 nitrogen and oxygen atoms in total. The average molecular weight is 345 g/mol. The lowest BCUT2D eigenvalue weighted by molar-refractivity contribution is 0.155. The Labute approximate surface area is 154 Å². The zero-order chi connectivity index (χ0) is 17.8. The third-order valence-electron chi connectivity index (χ3n) is 4.98. The number of nitrogens with one attached hydrogen (secondary N) is 1. The SMILES string of the molecule is O=C(NCc1ccccc1)N1CCn2cccc2[C@H]1Cc1ccccc1. The van der Waals surface area contributed by atoms with Gasteiger partial charge in [0.05, 0.1) is 6.04 Å². The van der Waals surface area contributed by atoms with Gasteiger partial charge in [-0.2, -0.15) is 0 Å². The van der Waals surface area contributed by atoms with Gasteiger partial charge in [0, 0.05) is 31.5 Å². The van der Waals surface area contributed by atoms with Crippen LogP contribution in [0.2, 0.25) is 0 Å². The molecule has 0 spiro atoms. The summed E-state index contributed by atoms with van der Waals surface area (Å²) in [6.45, 7) is 2.11. The zero-order valence-electron chi connectivity index (χ0n) is 14.7. The Morgan fingerprint density at radius 1 is 0.885 bits per heavy atom. The van der Waals surface area contributed by atoms with Crippen LogP contribution in [-0.2, 0) is 19.5 Å². The van der Waals surface area contributed by atoms with E-state index in [1.165, 1.54) is 11.3 Å². The first-order valence-corrected chi connectivity index (χ1v) is 9.08. The van der Waals surface area contributed by atoms with Crippen molar-refractivity contribution in [3.63, 3.8) is 0 Å². The van der Waals surface area contributed by atoms with Crippen molar-refractivity contribution in [2.45, 2.75) is 25.6 Å². The number of nitrogens with zero attached hydrogens (tertiary/aromatic N) is 2.